The second-order valence-corrected chi connectivity index (χ2v) is 5.30. The molecule has 0 aliphatic rings. The van der Waals surface area contributed by atoms with Gasteiger partial charge in [0.1, 0.15) is 4.88 Å². The first kappa shape index (κ1) is 12.9. The van der Waals surface area contributed by atoms with E-state index in [4.69, 9.17) is 16.3 Å². The molecule has 3 aromatic rings. The van der Waals surface area contributed by atoms with Crippen LogP contribution in [0.15, 0.2) is 24.3 Å². The highest BCUT2D eigenvalue weighted by molar-refractivity contribution is 7.21. The van der Waals surface area contributed by atoms with Crippen LogP contribution in [0.2, 0.25) is 5.02 Å². The molecule has 0 aliphatic carbocycles. The zero-order chi connectivity index (χ0) is 14.1. The van der Waals surface area contributed by atoms with Crippen molar-refractivity contribution in [1.82, 2.24) is 15.2 Å². The molecular weight excluding hydrogens is 300 g/mol. The summed E-state index contributed by atoms with van der Waals surface area (Å²) in [7, 11) is 1.44. The second-order valence-electron chi connectivity index (χ2n) is 3.87. The lowest BCUT2D eigenvalue weighted by molar-refractivity contribution is 0.103. The molecular formula is C12H9ClN4O2S. The molecule has 2 N–H and O–H groups in total. The quantitative estimate of drug-likeness (QED) is 0.779. The number of H-pyrrole nitrogens is 1. The molecule has 3 rings (SSSR count). The van der Waals surface area contributed by atoms with Crippen molar-refractivity contribution in [1.29, 1.82) is 0 Å². The lowest BCUT2D eigenvalue weighted by Crippen LogP contribution is -2.11. The number of anilines is 1. The first-order valence-electron chi connectivity index (χ1n) is 5.64. The minimum atomic E-state index is -0.338. The smallest absolute Gasteiger partial charge is 0.336 e. The van der Waals surface area contributed by atoms with Crippen molar-refractivity contribution >= 4 is 44.9 Å². The number of nitrogens with one attached hydrogen (secondary N) is 2. The molecule has 8 heteroatoms. The maximum atomic E-state index is 12.2. The Morgan fingerprint density at radius 2 is 2.25 bits per heavy atom. The first-order valence-corrected chi connectivity index (χ1v) is 6.83. The number of hydrogen-bond donors (Lipinski definition) is 2. The topological polar surface area (TPSA) is 79.9 Å². The average molecular weight is 309 g/mol. The fourth-order valence-electron chi connectivity index (χ4n) is 1.72. The molecule has 0 spiro atoms. The van der Waals surface area contributed by atoms with Crippen LogP contribution in [0.5, 0.6) is 6.01 Å². The van der Waals surface area contributed by atoms with Gasteiger partial charge in [-0.2, -0.15) is 4.98 Å². The van der Waals surface area contributed by atoms with E-state index in [1.165, 1.54) is 18.4 Å². The van der Waals surface area contributed by atoms with E-state index in [0.29, 0.717) is 9.90 Å². The number of amides is 1. The number of aromatic amines is 1. The van der Waals surface area contributed by atoms with Gasteiger partial charge >= 0.3 is 6.01 Å². The zero-order valence-corrected chi connectivity index (χ0v) is 11.9. The molecule has 2 aromatic heterocycles. The monoisotopic (exact) mass is 308 g/mol. The highest BCUT2D eigenvalue weighted by atomic mass is 35.5. The predicted octanol–water partition coefficient (Wildman–Crippen LogP) is 2.93. The summed E-state index contributed by atoms with van der Waals surface area (Å²) in [5.74, 6) is -0.129. The molecule has 0 fully saturated rings. The zero-order valence-electron chi connectivity index (χ0n) is 10.3. The van der Waals surface area contributed by atoms with Gasteiger partial charge < -0.3 is 4.74 Å². The van der Waals surface area contributed by atoms with E-state index in [9.17, 15) is 4.79 Å². The number of carbonyl (C=O) groups excluding carboxylic acids is 1. The number of ether oxygens (including phenoxy) is 1. The molecule has 1 amide bonds. The third-order valence-corrected chi connectivity index (χ3v) is 4.29. The number of benzene rings is 1. The van der Waals surface area contributed by atoms with Crippen molar-refractivity contribution in [2.75, 3.05) is 12.4 Å². The molecule has 1 aromatic carbocycles. The minimum Gasteiger partial charge on any atom is -0.466 e. The van der Waals surface area contributed by atoms with Crippen LogP contribution in [0, 0.1) is 0 Å². The number of hydrogen-bond acceptors (Lipinski definition) is 5. The largest absolute Gasteiger partial charge is 0.466 e. The van der Waals surface area contributed by atoms with Gasteiger partial charge in [0.05, 0.1) is 12.1 Å². The summed E-state index contributed by atoms with van der Waals surface area (Å²) in [5, 5.41) is 10.2. The van der Waals surface area contributed by atoms with Gasteiger partial charge in [-0.3, -0.25) is 10.1 Å². The van der Waals surface area contributed by atoms with Crippen molar-refractivity contribution in [3.63, 3.8) is 0 Å². The van der Waals surface area contributed by atoms with Crippen LogP contribution in [-0.4, -0.2) is 28.2 Å². The number of aromatic nitrogens is 3. The van der Waals surface area contributed by atoms with Gasteiger partial charge in [-0.25, -0.2) is 5.10 Å². The molecule has 20 heavy (non-hydrogen) atoms. The molecule has 0 atom stereocenters. The summed E-state index contributed by atoms with van der Waals surface area (Å²) >= 11 is 7.56. The molecule has 0 radical (unpaired) electrons. The second kappa shape index (κ2) is 5.10. The van der Waals surface area contributed by atoms with Crippen LogP contribution < -0.4 is 10.1 Å². The lowest BCUT2D eigenvalue weighted by Gasteiger charge is -1.98. The van der Waals surface area contributed by atoms with Gasteiger partial charge in [0, 0.05) is 10.1 Å². The van der Waals surface area contributed by atoms with Crippen molar-refractivity contribution in [3.8, 4) is 6.01 Å². The van der Waals surface area contributed by atoms with Gasteiger partial charge in [-0.05, 0) is 6.07 Å². The van der Waals surface area contributed by atoms with E-state index in [1.54, 1.807) is 0 Å². The van der Waals surface area contributed by atoms with Crippen LogP contribution in [-0.2, 0) is 0 Å². The van der Waals surface area contributed by atoms with Crippen LogP contribution in [0.4, 0.5) is 5.95 Å². The van der Waals surface area contributed by atoms with E-state index in [-0.39, 0.29) is 17.9 Å². The van der Waals surface area contributed by atoms with Crippen LogP contribution >= 0.6 is 22.9 Å². The molecule has 2 heterocycles. The number of thiophene rings is 1. The van der Waals surface area contributed by atoms with E-state index < -0.39 is 0 Å². The standard InChI is InChI=1S/C12H9ClN4O2S/c1-19-12-15-11(16-17-12)14-10(18)9-8(13)6-4-2-3-5-7(6)20-9/h2-5H,1H3,(H2,14,15,16,17,18). The molecule has 0 aliphatic heterocycles. The number of rotatable bonds is 3. The number of carbonyl (C=O) groups is 1. The number of fused-ring (bicyclic) bond motifs is 1. The number of methoxy groups -OCH3 is 1. The van der Waals surface area contributed by atoms with Crippen LogP contribution in [0.25, 0.3) is 10.1 Å². The fraction of sp³-hybridized carbons (Fsp3) is 0.0833. The first-order chi connectivity index (χ1) is 9.69. The van der Waals surface area contributed by atoms with Crippen molar-refractivity contribution in [2.24, 2.45) is 0 Å². The Hall–Kier alpha value is -2.12. The highest BCUT2D eigenvalue weighted by Gasteiger charge is 2.18. The Morgan fingerprint density at radius 3 is 2.95 bits per heavy atom. The van der Waals surface area contributed by atoms with Crippen molar-refractivity contribution in [2.45, 2.75) is 0 Å². The van der Waals surface area contributed by atoms with Gasteiger partial charge in [-0.15, -0.1) is 16.4 Å². The van der Waals surface area contributed by atoms with Crippen LogP contribution in [0.1, 0.15) is 9.67 Å². The normalized spacial score (nSPS) is 10.7. The summed E-state index contributed by atoms with van der Waals surface area (Å²) in [6.45, 7) is 0. The van der Waals surface area contributed by atoms with Gasteiger partial charge in [0.2, 0.25) is 5.95 Å². The minimum absolute atomic E-state index is 0.155. The number of nitrogens with zero attached hydrogens (tertiary/aromatic N) is 2. The van der Waals surface area contributed by atoms with E-state index in [2.05, 4.69) is 20.5 Å². The van der Waals surface area contributed by atoms with Gasteiger partial charge in [0.25, 0.3) is 5.91 Å². The third-order valence-electron chi connectivity index (χ3n) is 2.62. The van der Waals surface area contributed by atoms with Crippen molar-refractivity contribution in [3.05, 3.63) is 34.2 Å². The molecule has 0 bridgehead atoms. The summed E-state index contributed by atoms with van der Waals surface area (Å²) in [6.07, 6.45) is 0. The average Bonchev–Trinajstić information content (AvgIpc) is 3.04. The summed E-state index contributed by atoms with van der Waals surface area (Å²) in [5.41, 5.74) is 0. The molecule has 0 saturated heterocycles. The Labute approximate surface area is 122 Å². The third kappa shape index (κ3) is 2.21. The Bertz CT molecular complexity index is 783. The summed E-state index contributed by atoms with van der Waals surface area (Å²) < 4.78 is 5.78. The summed E-state index contributed by atoms with van der Waals surface area (Å²) in [6, 6.07) is 7.73. The molecule has 0 unspecified atom stereocenters. The maximum Gasteiger partial charge on any atom is 0.336 e. The summed E-state index contributed by atoms with van der Waals surface area (Å²) in [4.78, 5) is 16.5. The van der Waals surface area contributed by atoms with E-state index in [0.717, 1.165) is 10.1 Å². The SMILES string of the molecule is COc1n[nH]c(NC(=O)c2sc3ccccc3c2Cl)n1. The fourth-order valence-corrected chi connectivity index (χ4v) is 3.13. The molecule has 6 nitrogen and oxygen atoms in total. The Balaban J connectivity index is 1.90. The maximum absolute atomic E-state index is 12.2. The van der Waals surface area contributed by atoms with Gasteiger partial charge in [0.15, 0.2) is 0 Å². The van der Waals surface area contributed by atoms with Crippen molar-refractivity contribution < 1.29 is 9.53 Å². The number of halogens is 1. The van der Waals surface area contributed by atoms with Gasteiger partial charge in [-0.1, -0.05) is 29.8 Å². The predicted molar refractivity (Wildman–Crippen MR) is 77.7 cm³/mol. The Kier molecular flexibility index (Phi) is 3.29. The van der Waals surface area contributed by atoms with E-state index in [1.807, 2.05) is 24.3 Å². The van der Waals surface area contributed by atoms with Crippen LogP contribution in [0.3, 0.4) is 0 Å². The highest BCUT2D eigenvalue weighted by Crippen LogP contribution is 2.35. The van der Waals surface area contributed by atoms with E-state index >= 15 is 0 Å². The molecule has 102 valence electrons. The Morgan fingerprint density at radius 1 is 1.45 bits per heavy atom. The lowest BCUT2D eigenvalue weighted by atomic mass is 10.2. The molecule has 0 saturated carbocycles.